The molecule has 0 fully saturated rings. The number of para-hydroxylation sites is 1. The minimum absolute atomic E-state index is 0.201. The third-order valence-electron chi connectivity index (χ3n) is 3.72. The number of aliphatic hydroxyl groups is 1. The summed E-state index contributed by atoms with van der Waals surface area (Å²) in [5.74, 6) is 2.06. The van der Waals surface area contributed by atoms with Gasteiger partial charge in [-0.25, -0.2) is 4.99 Å². The Hall–Kier alpha value is -2.47. The molecule has 1 atom stereocenters. The normalized spacial score (nSPS) is 14.0. The van der Waals surface area contributed by atoms with Crippen LogP contribution in [0.5, 0.6) is 5.75 Å². The third-order valence-corrected chi connectivity index (χ3v) is 3.72. The molecule has 136 valence electrons. The first-order valence-electron chi connectivity index (χ1n) is 8.46. The molecule has 25 heavy (non-hydrogen) atoms. The number of nitrogens with zero attached hydrogens (tertiary/aromatic N) is 2. The van der Waals surface area contributed by atoms with Crippen LogP contribution < -0.4 is 10.1 Å². The molecule has 2 aromatic rings. The molecule has 1 unspecified atom stereocenters. The average molecular weight is 345 g/mol. The fraction of sp³-hybridized carbons (Fsp3) is 0.421. The van der Waals surface area contributed by atoms with Crippen molar-refractivity contribution in [3.63, 3.8) is 0 Å². The molecule has 0 aliphatic carbocycles. The Balaban J connectivity index is 1.91. The molecule has 6 heteroatoms. The maximum atomic E-state index is 10.5. The molecule has 1 aromatic heterocycles. The Labute approximate surface area is 149 Å². The van der Waals surface area contributed by atoms with Crippen molar-refractivity contribution in [2.75, 3.05) is 33.3 Å². The summed E-state index contributed by atoms with van der Waals surface area (Å²) >= 11 is 0. The Morgan fingerprint density at radius 1 is 1.28 bits per heavy atom. The lowest BCUT2D eigenvalue weighted by Crippen LogP contribution is -2.42. The lowest BCUT2D eigenvalue weighted by Gasteiger charge is -2.24. The van der Waals surface area contributed by atoms with Crippen LogP contribution >= 0.6 is 0 Å². The predicted octanol–water partition coefficient (Wildman–Crippen LogP) is 2.46. The lowest BCUT2D eigenvalue weighted by molar-refractivity contribution is 0.0435. The Morgan fingerprint density at radius 3 is 2.68 bits per heavy atom. The van der Waals surface area contributed by atoms with Gasteiger partial charge in [0.1, 0.15) is 23.7 Å². The zero-order valence-corrected chi connectivity index (χ0v) is 15.1. The molecule has 0 aliphatic heterocycles. The van der Waals surface area contributed by atoms with Crippen molar-refractivity contribution in [1.29, 1.82) is 0 Å². The molecule has 0 bridgehead atoms. The van der Waals surface area contributed by atoms with Crippen LogP contribution in [0.25, 0.3) is 0 Å². The number of furan rings is 1. The number of nitrogens with one attached hydrogen (secondary N) is 1. The summed E-state index contributed by atoms with van der Waals surface area (Å²) in [7, 11) is 1.94. The first kappa shape index (κ1) is 18.9. The second kappa shape index (κ2) is 9.13. The molecule has 2 rings (SSSR count). The predicted molar refractivity (Wildman–Crippen MR) is 98.8 cm³/mol. The van der Waals surface area contributed by atoms with E-state index in [0.29, 0.717) is 24.9 Å². The fourth-order valence-electron chi connectivity index (χ4n) is 2.28. The first-order chi connectivity index (χ1) is 12.0. The quantitative estimate of drug-likeness (QED) is 0.568. The lowest BCUT2D eigenvalue weighted by atomic mass is 10.0. The van der Waals surface area contributed by atoms with Gasteiger partial charge >= 0.3 is 0 Å². The van der Waals surface area contributed by atoms with E-state index in [1.807, 2.05) is 49.2 Å². The smallest absolute Gasteiger partial charge is 0.193 e. The molecule has 1 aromatic carbocycles. The average Bonchev–Trinajstić information content (AvgIpc) is 3.15. The van der Waals surface area contributed by atoms with E-state index in [1.165, 1.54) is 0 Å². The number of ether oxygens (including phenoxy) is 1. The first-order valence-corrected chi connectivity index (χ1v) is 8.46. The van der Waals surface area contributed by atoms with Gasteiger partial charge < -0.3 is 24.5 Å². The minimum atomic E-state index is -1.15. The van der Waals surface area contributed by atoms with Crippen molar-refractivity contribution in [3.05, 3.63) is 54.5 Å². The minimum Gasteiger partial charge on any atom is -0.492 e. The molecule has 1 heterocycles. The van der Waals surface area contributed by atoms with Gasteiger partial charge in [0.2, 0.25) is 0 Å². The van der Waals surface area contributed by atoms with Gasteiger partial charge in [-0.15, -0.1) is 0 Å². The van der Waals surface area contributed by atoms with Gasteiger partial charge in [0.15, 0.2) is 5.96 Å². The van der Waals surface area contributed by atoms with Gasteiger partial charge in [0, 0.05) is 13.6 Å². The van der Waals surface area contributed by atoms with E-state index in [4.69, 9.17) is 9.15 Å². The summed E-state index contributed by atoms with van der Waals surface area (Å²) < 4.78 is 11.0. The molecular weight excluding hydrogens is 318 g/mol. The molecule has 0 spiro atoms. The Kier molecular flexibility index (Phi) is 6.89. The summed E-state index contributed by atoms with van der Waals surface area (Å²) in [6.07, 6.45) is 1.55. The van der Waals surface area contributed by atoms with Crippen LogP contribution in [0.15, 0.2) is 58.1 Å². The number of likely N-dealkylation sites (N-methyl/N-ethyl adjacent to an activating group) is 1. The summed E-state index contributed by atoms with van der Waals surface area (Å²) in [4.78, 5) is 6.51. The number of benzene rings is 1. The van der Waals surface area contributed by atoms with E-state index >= 15 is 0 Å². The van der Waals surface area contributed by atoms with Gasteiger partial charge in [-0.3, -0.25) is 0 Å². The van der Waals surface area contributed by atoms with Gasteiger partial charge in [0.05, 0.1) is 19.4 Å². The number of hydrogen-bond acceptors (Lipinski definition) is 4. The highest BCUT2D eigenvalue weighted by atomic mass is 16.5. The van der Waals surface area contributed by atoms with Crippen molar-refractivity contribution in [1.82, 2.24) is 10.2 Å². The van der Waals surface area contributed by atoms with E-state index < -0.39 is 5.60 Å². The maximum absolute atomic E-state index is 10.5. The zero-order chi connectivity index (χ0) is 18.1. The van der Waals surface area contributed by atoms with Crippen LogP contribution in [0, 0.1) is 0 Å². The number of hydrogen-bond donors (Lipinski definition) is 2. The van der Waals surface area contributed by atoms with Crippen LogP contribution in [0.1, 0.15) is 19.6 Å². The Bertz CT molecular complexity index is 639. The number of aliphatic imine (C=N–C) groups is 1. The van der Waals surface area contributed by atoms with Crippen LogP contribution in [0.3, 0.4) is 0 Å². The third kappa shape index (κ3) is 5.83. The van der Waals surface area contributed by atoms with E-state index in [-0.39, 0.29) is 6.54 Å². The number of rotatable bonds is 8. The van der Waals surface area contributed by atoms with Crippen molar-refractivity contribution in [3.8, 4) is 5.75 Å². The summed E-state index contributed by atoms with van der Waals surface area (Å²) in [5, 5.41) is 13.8. The standard InChI is InChI=1S/C19H27N3O3/c1-4-20-18(21-15-19(2,23)17-11-8-13-25-17)22(3)12-14-24-16-9-6-5-7-10-16/h5-11,13,23H,4,12,14-15H2,1-3H3,(H,20,21). The Morgan fingerprint density at radius 2 is 2.04 bits per heavy atom. The highest BCUT2D eigenvalue weighted by Gasteiger charge is 2.26. The second-order valence-electron chi connectivity index (χ2n) is 6.00. The number of guanidine groups is 1. The van der Waals surface area contributed by atoms with Gasteiger partial charge in [-0.05, 0) is 38.1 Å². The summed E-state index contributed by atoms with van der Waals surface area (Å²) in [5.41, 5.74) is -1.15. The second-order valence-corrected chi connectivity index (χ2v) is 6.00. The maximum Gasteiger partial charge on any atom is 0.193 e. The molecule has 0 aliphatic rings. The van der Waals surface area contributed by atoms with E-state index in [1.54, 1.807) is 25.3 Å². The van der Waals surface area contributed by atoms with Gasteiger partial charge in [0.25, 0.3) is 0 Å². The van der Waals surface area contributed by atoms with Crippen LogP contribution in [0.4, 0.5) is 0 Å². The highest BCUT2D eigenvalue weighted by Crippen LogP contribution is 2.21. The molecular formula is C19H27N3O3. The SMILES string of the molecule is CCNC(=NCC(C)(O)c1ccco1)N(C)CCOc1ccccc1. The van der Waals surface area contributed by atoms with E-state index in [9.17, 15) is 5.11 Å². The molecule has 0 amide bonds. The van der Waals surface area contributed by atoms with Crippen molar-refractivity contribution in [2.45, 2.75) is 19.4 Å². The van der Waals surface area contributed by atoms with Crippen molar-refractivity contribution in [2.24, 2.45) is 4.99 Å². The summed E-state index contributed by atoms with van der Waals surface area (Å²) in [6, 6.07) is 13.2. The molecule has 0 saturated heterocycles. The van der Waals surface area contributed by atoms with Crippen molar-refractivity contribution < 1.29 is 14.3 Å². The molecule has 2 N–H and O–H groups in total. The molecule has 0 saturated carbocycles. The van der Waals surface area contributed by atoms with Gasteiger partial charge in [-0.2, -0.15) is 0 Å². The van der Waals surface area contributed by atoms with E-state index in [2.05, 4.69) is 10.3 Å². The van der Waals surface area contributed by atoms with E-state index in [0.717, 1.165) is 12.3 Å². The molecule has 6 nitrogen and oxygen atoms in total. The largest absolute Gasteiger partial charge is 0.492 e. The zero-order valence-electron chi connectivity index (χ0n) is 15.1. The topological polar surface area (TPSA) is 70.2 Å². The summed E-state index contributed by atoms with van der Waals surface area (Å²) in [6.45, 7) is 5.85. The fourth-order valence-corrected chi connectivity index (χ4v) is 2.28. The highest BCUT2D eigenvalue weighted by molar-refractivity contribution is 5.79. The van der Waals surface area contributed by atoms with Crippen LogP contribution in [-0.4, -0.2) is 49.3 Å². The van der Waals surface area contributed by atoms with Gasteiger partial charge in [-0.1, -0.05) is 18.2 Å². The van der Waals surface area contributed by atoms with Crippen molar-refractivity contribution >= 4 is 5.96 Å². The van der Waals surface area contributed by atoms with Crippen LogP contribution in [-0.2, 0) is 5.60 Å². The van der Waals surface area contributed by atoms with Crippen LogP contribution in [0.2, 0.25) is 0 Å². The monoisotopic (exact) mass is 345 g/mol. The molecule has 0 radical (unpaired) electrons.